The maximum atomic E-state index is 10.5. The van der Waals surface area contributed by atoms with Gasteiger partial charge in [-0.2, -0.15) is 0 Å². The van der Waals surface area contributed by atoms with Crippen molar-refractivity contribution in [2.45, 2.75) is 39.0 Å². The molecule has 0 aromatic heterocycles. The standard InChI is InChI=1S/C9H17O/c1-2-8(7-10)3-4-9-5-6-9/h8-9H,2-7H2,1H3. The topological polar surface area (TPSA) is 19.9 Å². The fourth-order valence-corrected chi connectivity index (χ4v) is 1.28. The average molecular weight is 141 g/mol. The molecule has 1 nitrogen and oxygen atoms in total. The number of rotatable bonds is 5. The zero-order valence-electron chi connectivity index (χ0n) is 6.81. The van der Waals surface area contributed by atoms with E-state index in [1.807, 2.05) is 0 Å². The molecule has 0 amide bonds. The predicted octanol–water partition coefficient (Wildman–Crippen LogP) is 2.63. The molecule has 59 valence electrons. The zero-order valence-corrected chi connectivity index (χ0v) is 6.81. The van der Waals surface area contributed by atoms with Crippen LogP contribution in [0, 0.1) is 11.8 Å². The lowest BCUT2D eigenvalue weighted by Gasteiger charge is -2.08. The summed E-state index contributed by atoms with van der Waals surface area (Å²) in [7, 11) is 0. The monoisotopic (exact) mass is 141 g/mol. The summed E-state index contributed by atoms with van der Waals surface area (Å²) in [5.74, 6) is 1.47. The van der Waals surface area contributed by atoms with Gasteiger partial charge >= 0.3 is 0 Å². The highest BCUT2D eigenvalue weighted by molar-refractivity contribution is 4.73. The van der Waals surface area contributed by atoms with Gasteiger partial charge in [0.1, 0.15) is 0 Å². The first-order valence-corrected chi connectivity index (χ1v) is 4.45. The first-order valence-electron chi connectivity index (χ1n) is 4.45. The smallest absolute Gasteiger partial charge is 0.0850 e. The average Bonchev–Trinajstić information content (AvgIpc) is 2.74. The molecule has 0 aromatic carbocycles. The summed E-state index contributed by atoms with van der Waals surface area (Å²) in [5, 5.41) is 10.5. The molecule has 0 bridgehead atoms. The summed E-state index contributed by atoms with van der Waals surface area (Å²) in [6, 6.07) is 0. The van der Waals surface area contributed by atoms with Crippen molar-refractivity contribution in [2.75, 3.05) is 6.61 Å². The van der Waals surface area contributed by atoms with Crippen molar-refractivity contribution in [2.24, 2.45) is 11.8 Å². The van der Waals surface area contributed by atoms with Crippen LogP contribution in [-0.4, -0.2) is 6.61 Å². The predicted molar refractivity (Wildman–Crippen MR) is 41.3 cm³/mol. The second kappa shape index (κ2) is 3.97. The van der Waals surface area contributed by atoms with E-state index in [0.717, 1.165) is 12.3 Å². The summed E-state index contributed by atoms with van der Waals surface area (Å²) in [4.78, 5) is 0. The first-order chi connectivity index (χ1) is 4.86. The maximum Gasteiger partial charge on any atom is 0.0850 e. The van der Waals surface area contributed by atoms with Crippen molar-refractivity contribution in [1.82, 2.24) is 0 Å². The Labute approximate surface area is 63.4 Å². The molecule has 0 aromatic rings. The van der Waals surface area contributed by atoms with Crippen LogP contribution in [0.2, 0.25) is 0 Å². The molecule has 1 aliphatic carbocycles. The third-order valence-corrected chi connectivity index (χ3v) is 2.49. The lowest BCUT2D eigenvalue weighted by atomic mass is 10.00. The van der Waals surface area contributed by atoms with Gasteiger partial charge in [0.05, 0.1) is 6.61 Å². The summed E-state index contributed by atoms with van der Waals surface area (Å²) in [6.07, 6.45) is 6.44. The zero-order chi connectivity index (χ0) is 7.40. The van der Waals surface area contributed by atoms with Crippen LogP contribution < -0.4 is 0 Å². The molecule has 1 rings (SSSR count). The van der Waals surface area contributed by atoms with E-state index in [1.54, 1.807) is 0 Å². The Kier molecular flexibility index (Phi) is 3.20. The molecule has 1 radical (unpaired) electrons. The van der Waals surface area contributed by atoms with Crippen LogP contribution in [0.5, 0.6) is 0 Å². The van der Waals surface area contributed by atoms with Crippen LogP contribution >= 0.6 is 0 Å². The molecular formula is C9H17O. The fourth-order valence-electron chi connectivity index (χ4n) is 1.28. The van der Waals surface area contributed by atoms with Gasteiger partial charge in [0.2, 0.25) is 0 Å². The van der Waals surface area contributed by atoms with E-state index in [0.29, 0.717) is 5.92 Å². The minimum absolute atomic E-state index is 0.142. The minimum Gasteiger partial charge on any atom is -0.236 e. The second-order valence-electron chi connectivity index (χ2n) is 3.46. The van der Waals surface area contributed by atoms with Crippen LogP contribution in [-0.2, 0) is 5.11 Å². The van der Waals surface area contributed by atoms with Crippen LogP contribution in [0.4, 0.5) is 0 Å². The molecule has 0 heterocycles. The Morgan fingerprint density at radius 3 is 2.60 bits per heavy atom. The molecule has 1 saturated carbocycles. The Morgan fingerprint density at radius 1 is 1.50 bits per heavy atom. The Morgan fingerprint density at radius 2 is 2.20 bits per heavy atom. The largest absolute Gasteiger partial charge is 0.236 e. The van der Waals surface area contributed by atoms with E-state index in [4.69, 9.17) is 0 Å². The fraction of sp³-hybridized carbons (Fsp3) is 1.00. The van der Waals surface area contributed by atoms with Gasteiger partial charge in [-0.15, -0.1) is 0 Å². The summed E-state index contributed by atoms with van der Waals surface area (Å²) >= 11 is 0. The lowest BCUT2D eigenvalue weighted by Crippen LogP contribution is -2.03. The summed E-state index contributed by atoms with van der Waals surface area (Å²) < 4.78 is 0. The van der Waals surface area contributed by atoms with Gasteiger partial charge in [-0.25, -0.2) is 5.11 Å². The Hall–Kier alpha value is -0.0400. The molecular weight excluding hydrogens is 124 g/mol. The summed E-state index contributed by atoms with van der Waals surface area (Å²) in [6.45, 7) is 2.26. The number of hydrogen-bond donors (Lipinski definition) is 0. The molecule has 1 heteroatoms. The second-order valence-corrected chi connectivity index (χ2v) is 3.46. The highest BCUT2D eigenvalue weighted by atomic mass is 16.3. The third-order valence-electron chi connectivity index (χ3n) is 2.49. The Bertz CT molecular complexity index is 82.7. The van der Waals surface area contributed by atoms with Crippen LogP contribution in [0.1, 0.15) is 39.0 Å². The highest BCUT2D eigenvalue weighted by Crippen LogP contribution is 2.34. The van der Waals surface area contributed by atoms with E-state index in [-0.39, 0.29) is 6.61 Å². The quantitative estimate of drug-likeness (QED) is 0.561. The van der Waals surface area contributed by atoms with E-state index in [2.05, 4.69) is 6.92 Å². The molecule has 0 saturated heterocycles. The van der Waals surface area contributed by atoms with E-state index >= 15 is 0 Å². The molecule has 10 heavy (non-hydrogen) atoms. The molecule has 1 fully saturated rings. The van der Waals surface area contributed by atoms with Crippen molar-refractivity contribution in [3.8, 4) is 0 Å². The van der Waals surface area contributed by atoms with Crippen LogP contribution in [0.3, 0.4) is 0 Å². The van der Waals surface area contributed by atoms with Crippen molar-refractivity contribution in [3.63, 3.8) is 0 Å². The minimum atomic E-state index is 0.142. The van der Waals surface area contributed by atoms with Gasteiger partial charge in [-0.05, 0) is 18.3 Å². The molecule has 0 aliphatic heterocycles. The van der Waals surface area contributed by atoms with Crippen LogP contribution in [0.25, 0.3) is 0 Å². The molecule has 1 atom stereocenters. The lowest BCUT2D eigenvalue weighted by molar-refractivity contribution is 0.134. The van der Waals surface area contributed by atoms with Gasteiger partial charge < -0.3 is 0 Å². The van der Waals surface area contributed by atoms with E-state index < -0.39 is 0 Å². The van der Waals surface area contributed by atoms with Gasteiger partial charge in [0.15, 0.2) is 0 Å². The number of hydrogen-bond acceptors (Lipinski definition) is 0. The molecule has 1 unspecified atom stereocenters. The highest BCUT2D eigenvalue weighted by Gasteiger charge is 2.21. The van der Waals surface area contributed by atoms with Gasteiger partial charge in [0, 0.05) is 0 Å². The third kappa shape index (κ3) is 2.70. The normalized spacial score (nSPS) is 21.0. The van der Waals surface area contributed by atoms with Gasteiger partial charge in [0.25, 0.3) is 0 Å². The Balaban J connectivity index is 1.97. The van der Waals surface area contributed by atoms with E-state index in [9.17, 15) is 5.11 Å². The SMILES string of the molecule is CCC(C[O])CCC1CC1. The van der Waals surface area contributed by atoms with Crippen molar-refractivity contribution < 1.29 is 5.11 Å². The van der Waals surface area contributed by atoms with Crippen molar-refractivity contribution >= 4 is 0 Å². The van der Waals surface area contributed by atoms with Crippen molar-refractivity contribution in [1.29, 1.82) is 0 Å². The van der Waals surface area contributed by atoms with Crippen LogP contribution in [0.15, 0.2) is 0 Å². The van der Waals surface area contributed by atoms with Crippen molar-refractivity contribution in [3.05, 3.63) is 0 Å². The molecule has 0 spiro atoms. The van der Waals surface area contributed by atoms with Gasteiger partial charge in [-0.3, -0.25) is 0 Å². The maximum absolute atomic E-state index is 10.5. The molecule has 0 N–H and O–H groups in total. The van der Waals surface area contributed by atoms with E-state index in [1.165, 1.54) is 25.7 Å². The molecule has 1 aliphatic rings. The first kappa shape index (κ1) is 8.06. The summed E-state index contributed by atoms with van der Waals surface area (Å²) in [5.41, 5.74) is 0. The van der Waals surface area contributed by atoms with Gasteiger partial charge in [-0.1, -0.05) is 32.6 Å².